The van der Waals surface area contributed by atoms with Crippen LogP contribution in [0.15, 0.2) is 53.1 Å². The predicted molar refractivity (Wildman–Crippen MR) is 106 cm³/mol. The molecule has 2 heterocycles. The summed E-state index contributed by atoms with van der Waals surface area (Å²) in [4.78, 5) is 41.3. The summed E-state index contributed by atoms with van der Waals surface area (Å²) in [6, 6.07) is 12.0. The first-order valence-corrected chi connectivity index (χ1v) is 9.18. The maximum absolute atomic E-state index is 13.1. The second kappa shape index (κ2) is 7.52. The Morgan fingerprint density at radius 2 is 2.00 bits per heavy atom. The monoisotopic (exact) mass is 423 g/mol. The molecule has 3 amide bonds. The molecular weight excluding hydrogens is 406 g/mol. The first-order valence-electron chi connectivity index (χ1n) is 9.18. The molecule has 1 atom stereocenters. The zero-order valence-electron chi connectivity index (χ0n) is 16.6. The molecule has 0 radical (unpaired) electrons. The van der Waals surface area contributed by atoms with Crippen molar-refractivity contribution in [3.63, 3.8) is 0 Å². The largest absolute Gasteiger partial charge is 0.496 e. The fourth-order valence-corrected chi connectivity index (χ4v) is 3.36. The van der Waals surface area contributed by atoms with Gasteiger partial charge in [-0.15, -0.1) is 0 Å². The van der Waals surface area contributed by atoms with Gasteiger partial charge >= 0.3 is 6.03 Å². The SMILES string of the molecule is COc1ccccc1-c1noc(CN2C(=O)NC(C)(c3cccc([N+](=O)[O-])c3)C2=O)n1. The van der Waals surface area contributed by atoms with Gasteiger partial charge < -0.3 is 14.6 Å². The number of hydrogen-bond acceptors (Lipinski definition) is 8. The second-order valence-corrected chi connectivity index (χ2v) is 6.97. The van der Waals surface area contributed by atoms with Crippen LogP contribution in [0.2, 0.25) is 0 Å². The molecule has 2 aromatic carbocycles. The van der Waals surface area contributed by atoms with Gasteiger partial charge in [-0.05, 0) is 24.6 Å². The van der Waals surface area contributed by atoms with Crippen LogP contribution >= 0.6 is 0 Å². The number of nitrogens with one attached hydrogen (secondary N) is 1. The molecule has 1 saturated heterocycles. The number of nitrogens with zero attached hydrogens (tertiary/aromatic N) is 4. The number of para-hydroxylation sites is 1. The number of non-ortho nitro benzene ring substituents is 1. The number of benzene rings is 2. The molecule has 1 unspecified atom stereocenters. The first-order chi connectivity index (χ1) is 14.8. The van der Waals surface area contributed by atoms with E-state index in [4.69, 9.17) is 9.26 Å². The maximum Gasteiger partial charge on any atom is 0.325 e. The van der Waals surface area contributed by atoms with Crippen molar-refractivity contribution in [1.29, 1.82) is 0 Å². The van der Waals surface area contributed by atoms with E-state index in [1.54, 1.807) is 30.3 Å². The normalized spacial score (nSPS) is 18.2. The van der Waals surface area contributed by atoms with Crippen molar-refractivity contribution in [2.75, 3.05) is 7.11 Å². The Morgan fingerprint density at radius 3 is 2.74 bits per heavy atom. The number of amides is 3. The molecule has 1 aliphatic rings. The Bertz CT molecular complexity index is 1190. The Morgan fingerprint density at radius 1 is 1.23 bits per heavy atom. The van der Waals surface area contributed by atoms with Crippen LogP contribution in [-0.2, 0) is 16.9 Å². The number of nitro benzene ring substituents is 1. The number of hydrogen-bond donors (Lipinski definition) is 1. The smallest absolute Gasteiger partial charge is 0.325 e. The Hall–Kier alpha value is -4.28. The third kappa shape index (κ3) is 3.45. The lowest BCUT2D eigenvalue weighted by atomic mass is 9.91. The van der Waals surface area contributed by atoms with Crippen LogP contribution in [0, 0.1) is 10.1 Å². The molecule has 158 valence electrons. The molecule has 11 heteroatoms. The zero-order valence-corrected chi connectivity index (χ0v) is 16.6. The molecule has 1 fully saturated rings. The summed E-state index contributed by atoms with van der Waals surface area (Å²) >= 11 is 0. The molecule has 1 aromatic heterocycles. The van der Waals surface area contributed by atoms with Gasteiger partial charge in [0.15, 0.2) is 0 Å². The van der Waals surface area contributed by atoms with E-state index >= 15 is 0 Å². The first kappa shape index (κ1) is 20.0. The van der Waals surface area contributed by atoms with E-state index in [1.807, 2.05) is 0 Å². The van der Waals surface area contributed by atoms with Gasteiger partial charge in [-0.3, -0.25) is 19.8 Å². The maximum atomic E-state index is 13.1. The number of imide groups is 1. The van der Waals surface area contributed by atoms with Gasteiger partial charge in [0.25, 0.3) is 11.6 Å². The van der Waals surface area contributed by atoms with Gasteiger partial charge in [0, 0.05) is 12.1 Å². The molecule has 0 aliphatic carbocycles. The molecule has 11 nitrogen and oxygen atoms in total. The number of rotatable bonds is 6. The van der Waals surface area contributed by atoms with Crippen LogP contribution in [-0.4, -0.2) is 39.0 Å². The van der Waals surface area contributed by atoms with E-state index in [0.717, 1.165) is 4.90 Å². The molecule has 0 bridgehead atoms. The summed E-state index contributed by atoms with van der Waals surface area (Å²) in [5.41, 5.74) is -0.756. The highest BCUT2D eigenvalue weighted by Crippen LogP contribution is 2.32. The van der Waals surface area contributed by atoms with Crippen molar-refractivity contribution in [1.82, 2.24) is 20.4 Å². The zero-order chi connectivity index (χ0) is 22.2. The van der Waals surface area contributed by atoms with Crippen LogP contribution in [0.4, 0.5) is 10.5 Å². The van der Waals surface area contributed by atoms with Crippen molar-refractivity contribution in [2.24, 2.45) is 0 Å². The molecule has 0 spiro atoms. The second-order valence-electron chi connectivity index (χ2n) is 6.97. The average Bonchev–Trinajstić information content (AvgIpc) is 3.33. The van der Waals surface area contributed by atoms with E-state index in [-0.39, 0.29) is 23.9 Å². The molecule has 31 heavy (non-hydrogen) atoms. The third-order valence-corrected chi connectivity index (χ3v) is 5.02. The fourth-order valence-electron chi connectivity index (χ4n) is 3.36. The van der Waals surface area contributed by atoms with Crippen LogP contribution in [0.1, 0.15) is 18.4 Å². The lowest BCUT2D eigenvalue weighted by Gasteiger charge is -2.21. The van der Waals surface area contributed by atoms with Crippen molar-refractivity contribution in [3.05, 3.63) is 70.1 Å². The lowest BCUT2D eigenvalue weighted by Crippen LogP contribution is -2.40. The summed E-state index contributed by atoms with van der Waals surface area (Å²) in [6.45, 7) is 1.23. The van der Waals surface area contributed by atoms with E-state index in [9.17, 15) is 19.7 Å². The Labute approximate surface area is 175 Å². The summed E-state index contributed by atoms with van der Waals surface area (Å²) in [5.74, 6) is 0.256. The minimum Gasteiger partial charge on any atom is -0.496 e. The average molecular weight is 423 g/mol. The molecule has 4 rings (SSSR count). The highest BCUT2D eigenvalue weighted by molar-refractivity contribution is 6.07. The number of methoxy groups -OCH3 is 1. The molecular formula is C20H17N5O6. The van der Waals surface area contributed by atoms with Gasteiger partial charge in [0.2, 0.25) is 11.7 Å². The quantitative estimate of drug-likeness (QED) is 0.362. The van der Waals surface area contributed by atoms with Crippen molar-refractivity contribution in [3.8, 4) is 17.1 Å². The summed E-state index contributed by atoms with van der Waals surface area (Å²) < 4.78 is 10.5. The van der Waals surface area contributed by atoms with E-state index < -0.39 is 22.4 Å². The van der Waals surface area contributed by atoms with Crippen LogP contribution in [0.5, 0.6) is 5.75 Å². The minimum absolute atomic E-state index is 0.0488. The number of aromatic nitrogens is 2. The van der Waals surface area contributed by atoms with Crippen molar-refractivity contribution < 1.29 is 23.8 Å². The third-order valence-electron chi connectivity index (χ3n) is 5.02. The topological polar surface area (TPSA) is 141 Å². The molecule has 1 N–H and O–H groups in total. The highest BCUT2D eigenvalue weighted by atomic mass is 16.6. The van der Waals surface area contributed by atoms with Crippen LogP contribution < -0.4 is 10.1 Å². The van der Waals surface area contributed by atoms with Crippen molar-refractivity contribution in [2.45, 2.75) is 19.0 Å². The van der Waals surface area contributed by atoms with E-state index in [2.05, 4.69) is 15.5 Å². The standard InChI is InChI=1S/C20H17N5O6/c1-20(12-6-5-7-13(10-12)25(28)29)18(26)24(19(27)22-20)11-16-21-17(23-31-16)14-8-3-4-9-15(14)30-2/h3-10H,11H2,1-2H3,(H,22,27). The number of urea groups is 1. The van der Waals surface area contributed by atoms with Gasteiger partial charge in [0.05, 0.1) is 17.6 Å². The molecule has 1 aliphatic heterocycles. The lowest BCUT2D eigenvalue weighted by molar-refractivity contribution is -0.385. The minimum atomic E-state index is -1.46. The van der Waals surface area contributed by atoms with Crippen molar-refractivity contribution >= 4 is 17.6 Å². The molecule has 0 saturated carbocycles. The van der Waals surface area contributed by atoms with E-state index in [1.165, 1.54) is 32.2 Å². The van der Waals surface area contributed by atoms with Gasteiger partial charge in [0.1, 0.15) is 17.8 Å². The number of carbonyl (C=O) groups excluding carboxylic acids is 2. The Kier molecular flexibility index (Phi) is 4.85. The summed E-state index contributed by atoms with van der Waals surface area (Å²) in [6.07, 6.45) is 0. The summed E-state index contributed by atoms with van der Waals surface area (Å²) in [5, 5.41) is 17.6. The van der Waals surface area contributed by atoms with E-state index in [0.29, 0.717) is 16.9 Å². The Balaban J connectivity index is 1.59. The molecule has 3 aromatic rings. The predicted octanol–water partition coefficient (Wildman–Crippen LogP) is 2.62. The van der Waals surface area contributed by atoms with Gasteiger partial charge in [-0.1, -0.05) is 29.4 Å². The number of carbonyl (C=O) groups is 2. The van der Waals surface area contributed by atoms with Crippen LogP contribution in [0.3, 0.4) is 0 Å². The highest BCUT2D eigenvalue weighted by Gasteiger charge is 2.49. The fraction of sp³-hybridized carbons (Fsp3) is 0.200. The van der Waals surface area contributed by atoms with Crippen LogP contribution in [0.25, 0.3) is 11.4 Å². The number of nitro groups is 1. The summed E-state index contributed by atoms with van der Waals surface area (Å²) in [7, 11) is 1.52. The van der Waals surface area contributed by atoms with Gasteiger partial charge in [-0.25, -0.2) is 4.79 Å². The van der Waals surface area contributed by atoms with Gasteiger partial charge in [-0.2, -0.15) is 4.98 Å². The number of ether oxygens (including phenoxy) is 1.